The molecule has 0 amide bonds. The highest BCUT2D eigenvalue weighted by Crippen LogP contribution is 2.32. The minimum Gasteiger partial charge on any atom is -0.296 e. The molecule has 2 aromatic heterocycles. The molecular weight excluding hydrogens is 422 g/mol. The molecular formula is C24H19F4N3O. The van der Waals surface area contributed by atoms with E-state index < -0.39 is 17.2 Å². The first-order valence-corrected chi connectivity index (χ1v) is 9.84. The van der Waals surface area contributed by atoms with Crippen LogP contribution in [-0.2, 0) is 11.6 Å². The molecule has 4 rings (SSSR count). The Bertz CT molecular complexity index is 1270. The van der Waals surface area contributed by atoms with Crippen LogP contribution in [0, 0.1) is 5.82 Å². The lowest BCUT2D eigenvalue weighted by molar-refractivity contribution is -0.137. The van der Waals surface area contributed by atoms with Crippen molar-refractivity contribution < 1.29 is 22.4 Å². The molecule has 0 aliphatic heterocycles. The van der Waals surface area contributed by atoms with Crippen molar-refractivity contribution in [3.63, 3.8) is 0 Å². The molecule has 2 heterocycles. The number of alkyl halides is 3. The summed E-state index contributed by atoms with van der Waals surface area (Å²) in [5, 5.41) is 0. The van der Waals surface area contributed by atoms with Crippen LogP contribution >= 0.6 is 0 Å². The van der Waals surface area contributed by atoms with Gasteiger partial charge in [-0.15, -0.1) is 0 Å². The minimum atomic E-state index is -4.42. The number of carbonyl (C=O) groups is 1. The van der Waals surface area contributed by atoms with Gasteiger partial charge < -0.3 is 0 Å². The summed E-state index contributed by atoms with van der Waals surface area (Å²) in [4.78, 5) is 21.4. The van der Waals surface area contributed by atoms with E-state index >= 15 is 0 Å². The number of fused-ring (bicyclic) bond motifs is 1. The average Bonchev–Trinajstić information content (AvgIpc) is 3.16. The summed E-state index contributed by atoms with van der Waals surface area (Å²) in [5.41, 5.74) is 1.28. The molecule has 32 heavy (non-hydrogen) atoms. The first-order chi connectivity index (χ1) is 15.0. The second-order valence-electron chi connectivity index (χ2n) is 8.21. The normalized spacial score (nSPS) is 12.3. The van der Waals surface area contributed by atoms with Crippen molar-refractivity contribution >= 4 is 11.4 Å². The Morgan fingerprint density at radius 3 is 2.16 bits per heavy atom. The maximum absolute atomic E-state index is 13.2. The van der Waals surface area contributed by atoms with E-state index in [2.05, 4.69) is 9.97 Å². The maximum atomic E-state index is 13.2. The molecule has 0 radical (unpaired) electrons. The number of aromatic nitrogens is 3. The Kier molecular flexibility index (Phi) is 5.32. The first-order valence-electron chi connectivity index (χ1n) is 9.84. The van der Waals surface area contributed by atoms with Crippen molar-refractivity contribution in [2.45, 2.75) is 31.9 Å². The number of hydrogen-bond acceptors (Lipinski definition) is 3. The van der Waals surface area contributed by atoms with Crippen LogP contribution in [0.5, 0.6) is 0 Å². The monoisotopic (exact) mass is 441 g/mol. The second-order valence-corrected chi connectivity index (χ2v) is 8.21. The van der Waals surface area contributed by atoms with Gasteiger partial charge in [-0.05, 0) is 35.2 Å². The number of hydrogen-bond donors (Lipinski definition) is 0. The summed E-state index contributed by atoms with van der Waals surface area (Å²) in [6, 6.07) is 10.8. The zero-order valence-electron chi connectivity index (χ0n) is 17.3. The van der Waals surface area contributed by atoms with E-state index in [0.29, 0.717) is 16.9 Å². The lowest BCUT2D eigenvalue weighted by Gasteiger charge is -2.24. The van der Waals surface area contributed by atoms with Gasteiger partial charge in [0.05, 0.1) is 23.7 Å². The summed E-state index contributed by atoms with van der Waals surface area (Å²) in [5.74, 6) is -0.563. The standard InChI is InChI=1S/C24H19F4N3O/c1-23(2,16-7-9-18(25)10-8-16)11-21(32)19-14-31-20(12-30-22(31)13-29-19)15-3-5-17(6-4-15)24(26,27)28/h3-10,12-14H,11H2,1-2H3. The number of rotatable bonds is 5. The van der Waals surface area contributed by atoms with Gasteiger partial charge in [-0.1, -0.05) is 38.1 Å². The number of carbonyl (C=O) groups excluding carboxylic acids is 1. The third-order valence-electron chi connectivity index (χ3n) is 5.42. The molecule has 4 aromatic rings. The number of halogens is 4. The fourth-order valence-corrected chi connectivity index (χ4v) is 3.57. The molecule has 2 aromatic carbocycles. The predicted molar refractivity (Wildman–Crippen MR) is 112 cm³/mol. The van der Waals surface area contributed by atoms with E-state index in [0.717, 1.165) is 17.7 Å². The third kappa shape index (κ3) is 4.26. The van der Waals surface area contributed by atoms with Crippen LogP contribution in [0.3, 0.4) is 0 Å². The Morgan fingerprint density at radius 1 is 0.906 bits per heavy atom. The second kappa shape index (κ2) is 7.85. The Labute approximate surface area is 181 Å². The number of imidazole rings is 1. The van der Waals surface area contributed by atoms with Crippen LogP contribution < -0.4 is 0 Å². The van der Waals surface area contributed by atoms with Crippen molar-refractivity contribution in [1.29, 1.82) is 0 Å². The zero-order chi connectivity index (χ0) is 23.1. The van der Waals surface area contributed by atoms with E-state index in [9.17, 15) is 22.4 Å². The molecule has 8 heteroatoms. The van der Waals surface area contributed by atoms with Gasteiger partial charge in [0, 0.05) is 18.2 Å². The van der Waals surface area contributed by atoms with Crippen molar-refractivity contribution in [1.82, 2.24) is 14.4 Å². The van der Waals surface area contributed by atoms with E-state index in [-0.39, 0.29) is 23.7 Å². The Morgan fingerprint density at radius 2 is 1.53 bits per heavy atom. The molecule has 0 N–H and O–H groups in total. The molecule has 4 nitrogen and oxygen atoms in total. The predicted octanol–water partition coefficient (Wildman–Crippen LogP) is 6.10. The van der Waals surface area contributed by atoms with Crippen molar-refractivity contribution in [3.8, 4) is 11.3 Å². The topological polar surface area (TPSA) is 47.3 Å². The molecule has 0 atom stereocenters. The highest BCUT2D eigenvalue weighted by Gasteiger charge is 2.30. The van der Waals surface area contributed by atoms with Gasteiger partial charge >= 0.3 is 6.18 Å². The van der Waals surface area contributed by atoms with Crippen LogP contribution in [0.25, 0.3) is 16.9 Å². The lowest BCUT2D eigenvalue weighted by atomic mass is 9.80. The molecule has 0 spiro atoms. The quantitative estimate of drug-likeness (QED) is 0.278. The Hall–Kier alpha value is -3.55. The summed E-state index contributed by atoms with van der Waals surface area (Å²) in [6.07, 6.45) is 0.237. The van der Waals surface area contributed by atoms with E-state index in [1.165, 1.54) is 36.7 Å². The fourth-order valence-electron chi connectivity index (χ4n) is 3.57. The van der Waals surface area contributed by atoms with Gasteiger partial charge in [-0.3, -0.25) is 9.20 Å². The maximum Gasteiger partial charge on any atom is 0.416 e. The van der Waals surface area contributed by atoms with Crippen LogP contribution in [0.1, 0.15) is 41.9 Å². The Balaban J connectivity index is 1.63. The third-order valence-corrected chi connectivity index (χ3v) is 5.42. The molecule has 0 saturated heterocycles. The summed E-state index contributed by atoms with van der Waals surface area (Å²) < 4.78 is 53.4. The minimum absolute atomic E-state index is 0.140. The van der Waals surface area contributed by atoms with E-state index in [1.54, 1.807) is 22.7 Å². The lowest BCUT2D eigenvalue weighted by Crippen LogP contribution is -2.22. The smallest absolute Gasteiger partial charge is 0.296 e. The largest absolute Gasteiger partial charge is 0.416 e. The van der Waals surface area contributed by atoms with Crippen molar-refractivity contribution in [2.75, 3.05) is 0 Å². The van der Waals surface area contributed by atoms with E-state index in [1.807, 2.05) is 13.8 Å². The van der Waals surface area contributed by atoms with Crippen LogP contribution in [0.2, 0.25) is 0 Å². The van der Waals surface area contributed by atoms with Gasteiger partial charge in [0.15, 0.2) is 11.4 Å². The molecule has 0 aliphatic rings. The van der Waals surface area contributed by atoms with Crippen molar-refractivity contribution in [2.24, 2.45) is 0 Å². The summed E-state index contributed by atoms with van der Waals surface area (Å²) in [6.45, 7) is 3.78. The number of ketones is 1. The van der Waals surface area contributed by atoms with Crippen LogP contribution in [0.4, 0.5) is 17.6 Å². The molecule has 0 aliphatic carbocycles. The molecule has 0 fully saturated rings. The van der Waals surface area contributed by atoms with Crippen LogP contribution in [-0.4, -0.2) is 20.2 Å². The van der Waals surface area contributed by atoms with Gasteiger partial charge in [-0.25, -0.2) is 14.4 Å². The van der Waals surface area contributed by atoms with Crippen LogP contribution in [0.15, 0.2) is 67.1 Å². The van der Waals surface area contributed by atoms with Crippen molar-refractivity contribution in [3.05, 3.63) is 89.8 Å². The first kappa shape index (κ1) is 21.7. The fraction of sp³-hybridized carbons (Fsp3) is 0.208. The van der Waals surface area contributed by atoms with Gasteiger partial charge in [0.2, 0.25) is 0 Å². The molecule has 0 unspecified atom stereocenters. The zero-order valence-corrected chi connectivity index (χ0v) is 17.3. The van der Waals surface area contributed by atoms with E-state index in [4.69, 9.17) is 0 Å². The highest BCUT2D eigenvalue weighted by molar-refractivity contribution is 5.95. The molecule has 0 saturated carbocycles. The number of nitrogens with zero attached hydrogens (tertiary/aromatic N) is 3. The van der Waals surface area contributed by atoms with Gasteiger partial charge in [0.1, 0.15) is 11.5 Å². The number of benzene rings is 2. The number of Topliss-reactive ketones (excluding diaryl/α,β-unsaturated/α-hetero) is 1. The SMILES string of the molecule is CC(C)(CC(=O)c1cn2c(-c3ccc(C(F)(F)F)cc3)cnc2cn1)c1ccc(F)cc1. The summed E-state index contributed by atoms with van der Waals surface area (Å²) >= 11 is 0. The van der Waals surface area contributed by atoms with Gasteiger partial charge in [-0.2, -0.15) is 13.2 Å². The molecule has 0 bridgehead atoms. The average molecular weight is 441 g/mol. The van der Waals surface area contributed by atoms with Gasteiger partial charge in [0.25, 0.3) is 0 Å². The highest BCUT2D eigenvalue weighted by atomic mass is 19.4. The molecule has 164 valence electrons. The summed E-state index contributed by atoms with van der Waals surface area (Å²) in [7, 11) is 0.